The Morgan fingerprint density at radius 2 is 1.57 bits per heavy atom. The van der Waals surface area contributed by atoms with Crippen LogP contribution in [0.25, 0.3) is 0 Å². The molecule has 3 rings (SSSR count). The molecule has 6 heteroatoms. The molecule has 0 unspecified atom stereocenters. The summed E-state index contributed by atoms with van der Waals surface area (Å²) in [7, 11) is 0. The maximum Gasteiger partial charge on any atom is 0.322 e. The Morgan fingerprint density at radius 3 is 2.17 bits per heavy atom. The van der Waals surface area contributed by atoms with E-state index in [9.17, 15) is 9.18 Å². The van der Waals surface area contributed by atoms with Gasteiger partial charge >= 0.3 is 6.03 Å². The molecule has 0 saturated carbocycles. The molecular formula is C17H27FN4O+2. The number of carbonyl (C=O) groups is 1. The second kappa shape index (κ2) is 7.75. The molecule has 1 aromatic rings. The van der Waals surface area contributed by atoms with Crippen molar-refractivity contribution in [2.45, 2.75) is 12.8 Å². The molecule has 1 aromatic carbocycles. The number of anilines is 1. The molecule has 3 N–H and O–H groups in total. The van der Waals surface area contributed by atoms with E-state index in [4.69, 9.17) is 0 Å². The van der Waals surface area contributed by atoms with Crippen LogP contribution in [-0.2, 0) is 0 Å². The van der Waals surface area contributed by atoms with Gasteiger partial charge < -0.3 is 20.0 Å². The molecular weight excluding hydrogens is 295 g/mol. The number of urea groups is 1. The first-order valence-corrected chi connectivity index (χ1v) is 8.69. The number of nitrogens with zero attached hydrogens (tertiary/aromatic N) is 1. The quantitative estimate of drug-likeness (QED) is 0.670. The highest BCUT2D eigenvalue weighted by Crippen LogP contribution is 2.09. The normalized spacial score (nSPS) is 20.0. The van der Waals surface area contributed by atoms with Crippen molar-refractivity contribution in [2.24, 2.45) is 0 Å². The average molecular weight is 322 g/mol. The molecule has 126 valence electrons. The maximum absolute atomic E-state index is 12.9. The molecule has 0 aromatic heterocycles. The zero-order valence-electron chi connectivity index (χ0n) is 13.6. The Hall–Kier alpha value is -1.66. The summed E-state index contributed by atoms with van der Waals surface area (Å²) in [5.74, 6) is -0.291. The molecule has 2 saturated heterocycles. The summed E-state index contributed by atoms with van der Waals surface area (Å²) in [5, 5.41) is 2.84. The van der Waals surface area contributed by atoms with Gasteiger partial charge in [-0.3, -0.25) is 0 Å². The minimum absolute atomic E-state index is 0.0826. The highest BCUT2D eigenvalue weighted by atomic mass is 19.1. The van der Waals surface area contributed by atoms with Crippen molar-refractivity contribution in [3.05, 3.63) is 30.1 Å². The van der Waals surface area contributed by atoms with E-state index < -0.39 is 0 Å². The molecule has 0 radical (unpaired) electrons. The highest BCUT2D eigenvalue weighted by molar-refractivity contribution is 5.89. The van der Waals surface area contributed by atoms with Crippen molar-refractivity contribution in [1.29, 1.82) is 0 Å². The molecule has 0 spiro atoms. The van der Waals surface area contributed by atoms with Crippen LogP contribution in [0.2, 0.25) is 0 Å². The maximum atomic E-state index is 12.9. The average Bonchev–Trinajstić information content (AvgIpc) is 3.09. The summed E-state index contributed by atoms with van der Waals surface area (Å²) >= 11 is 0. The van der Waals surface area contributed by atoms with E-state index in [2.05, 4.69) is 5.32 Å². The van der Waals surface area contributed by atoms with E-state index in [0.717, 1.165) is 26.2 Å². The molecule has 2 aliphatic heterocycles. The molecule has 0 atom stereocenters. The Labute approximate surface area is 137 Å². The van der Waals surface area contributed by atoms with Crippen molar-refractivity contribution in [3.63, 3.8) is 0 Å². The molecule has 0 bridgehead atoms. The largest absolute Gasteiger partial charge is 0.330 e. The lowest BCUT2D eigenvalue weighted by molar-refractivity contribution is -0.954. The zero-order valence-corrected chi connectivity index (χ0v) is 13.6. The summed E-state index contributed by atoms with van der Waals surface area (Å²) in [6, 6.07) is 5.82. The van der Waals surface area contributed by atoms with Gasteiger partial charge in [-0.05, 0) is 24.3 Å². The minimum atomic E-state index is -0.291. The predicted molar refractivity (Wildman–Crippen MR) is 87.4 cm³/mol. The number of amides is 2. The van der Waals surface area contributed by atoms with Crippen LogP contribution in [0.15, 0.2) is 24.3 Å². The van der Waals surface area contributed by atoms with Gasteiger partial charge in [-0.1, -0.05) is 0 Å². The third-order valence-corrected chi connectivity index (χ3v) is 5.00. The van der Waals surface area contributed by atoms with Crippen molar-refractivity contribution in [2.75, 3.05) is 57.7 Å². The van der Waals surface area contributed by atoms with Gasteiger partial charge in [0.1, 0.15) is 18.9 Å². The fourth-order valence-corrected chi connectivity index (χ4v) is 3.49. The summed E-state index contributed by atoms with van der Waals surface area (Å²) < 4.78 is 12.9. The van der Waals surface area contributed by atoms with Crippen LogP contribution in [0.1, 0.15) is 12.8 Å². The zero-order chi connectivity index (χ0) is 16.1. The third kappa shape index (κ3) is 4.65. The van der Waals surface area contributed by atoms with Crippen molar-refractivity contribution in [1.82, 2.24) is 4.90 Å². The number of likely N-dealkylation sites (tertiary alicyclic amines) is 1. The van der Waals surface area contributed by atoms with Gasteiger partial charge in [-0.2, -0.15) is 0 Å². The summed E-state index contributed by atoms with van der Waals surface area (Å²) in [4.78, 5) is 17.4. The molecule has 23 heavy (non-hydrogen) atoms. The second-order valence-electron chi connectivity index (χ2n) is 6.63. The van der Waals surface area contributed by atoms with Crippen LogP contribution in [0, 0.1) is 5.82 Å². The first kappa shape index (κ1) is 16.2. The topological polar surface area (TPSA) is 41.2 Å². The van der Waals surface area contributed by atoms with Crippen LogP contribution in [0.4, 0.5) is 14.9 Å². The first-order valence-electron chi connectivity index (χ1n) is 8.69. The van der Waals surface area contributed by atoms with Crippen LogP contribution in [0.3, 0.4) is 0 Å². The van der Waals surface area contributed by atoms with Crippen molar-refractivity contribution in [3.8, 4) is 0 Å². The smallest absolute Gasteiger partial charge is 0.322 e. The number of benzene rings is 1. The van der Waals surface area contributed by atoms with Crippen molar-refractivity contribution >= 4 is 11.7 Å². The number of carbonyl (C=O) groups excluding carboxylic acids is 1. The predicted octanol–water partition coefficient (Wildman–Crippen LogP) is -0.763. The van der Waals surface area contributed by atoms with Gasteiger partial charge in [0.05, 0.1) is 39.3 Å². The Morgan fingerprint density at radius 1 is 1.00 bits per heavy atom. The number of quaternary nitrogens is 2. The van der Waals surface area contributed by atoms with Gasteiger partial charge in [0.25, 0.3) is 0 Å². The Kier molecular flexibility index (Phi) is 5.46. The third-order valence-electron chi connectivity index (χ3n) is 5.00. The first-order chi connectivity index (χ1) is 11.2. The standard InChI is InChI=1S/C17H25FN4O/c18-15-3-5-16(6-4-15)19-17(23)22-13-11-21(12-14-22)10-9-20-7-1-2-8-20/h3-6H,1-2,7-14H2,(H,19,23)/p+2. The van der Waals surface area contributed by atoms with Crippen LogP contribution in [-0.4, -0.2) is 63.3 Å². The number of piperazine rings is 1. The summed E-state index contributed by atoms with van der Waals surface area (Å²) in [5.41, 5.74) is 0.642. The highest BCUT2D eigenvalue weighted by Gasteiger charge is 2.25. The number of hydrogen-bond acceptors (Lipinski definition) is 1. The van der Waals surface area contributed by atoms with Gasteiger partial charge in [0.2, 0.25) is 0 Å². The molecule has 2 fully saturated rings. The van der Waals surface area contributed by atoms with Gasteiger partial charge in [0, 0.05) is 18.5 Å². The number of hydrogen-bond donors (Lipinski definition) is 3. The minimum Gasteiger partial charge on any atom is -0.330 e. The van der Waals surface area contributed by atoms with Gasteiger partial charge in [-0.25, -0.2) is 9.18 Å². The Bertz CT molecular complexity index is 508. The van der Waals surface area contributed by atoms with E-state index in [1.807, 2.05) is 4.90 Å². The molecule has 2 aliphatic rings. The van der Waals surface area contributed by atoms with Crippen LogP contribution < -0.4 is 15.1 Å². The van der Waals surface area contributed by atoms with Gasteiger partial charge in [0.15, 0.2) is 0 Å². The van der Waals surface area contributed by atoms with E-state index >= 15 is 0 Å². The Balaban J connectivity index is 1.39. The van der Waals surface area contributed by atoms with Crippen LogP contribution >= 0.6 is 0 Å². The lowest BCUT2D eigenvalue weighted by Crippen LogP contribution is -3.21. The number of nitrogens with one attached hydrogen (secondary N) is 3. The van der Waals surface area contributed by atoms with Gasteiger partial charge in [-0.15, -0.1) is 0 Å². The lowest BCUT2D eigenvalue weighted by Gasteiger charge is -2.32. The van der Waals surface area contributed by atoms with E-state index in [1.54, 1.807) is 21.9 Å². The SMILES string of the molecule is O=C(Nc1ccc(F)cc1)N1CC[NH+](CC[NH+]2CCCC2)CC1. The lowest BCUT2D eigenvalue weighted by atomic mass is 10.3. The monoisotopic (exact) mass is 322 g/mol. The second-order valence-corrected chi connectivity index (χ2v) is 6.63. The summed E-state index contributed by atoms with van der Waals surface area (Å²) in [6.45, 7) is 8.75. The number of rotatable bonds is 4. The fourth-order valence-electron chi connectivity index (χ4n) is 3.49. The van der Waals surface area contributed by atoms with E-state index in [1.165, 1.54) is 51.2 Å². The molecule has 5 nitrogen and oxygen atoms in total. The summed E-state index contributed by atoms with van der Waals surface area (Å²) in [6.07, 6.45) is 2.75. The molecule has 0 aliphatic carbocycles. The van der Waals surface area contributed by atoms with E-state index in [0.29, 0.717) is 5.69 Å². The van der Waals surface area contributed by atoms with Crippen LogP contribution in [0.5, 0.6) is 0 Å². The van der Waals surface area contributed by atoms with Crippen molar-refractivity contribution < 1.29 is 19.0 Å². The number of halogens is 1. The molecule has 2 heterocycles. The molecule has 2 amide bonds. The fraction of sp³-hybridized carbons (Fsp3) is 0.588. The van der Waals surface area contributed by atoms with E-state index in [-0.39, 0.29) is 11.8 Å².